The van der Waals surface area contributed by atoms with Crippen LogP contribution in [0.25, 0.3) is 10.9 Å². The Labute approximate surface area is 169 Å². The number of piperidine rings is 1. The first-order chi connectivity index (χ1) is 14.2. The molecular formula is C21H28N4O4. The summed E-state index contributed by atoms with van der Waals surface area (Å²) in [6.07, 6.45) is 4.30. The molecule has 0 atom stereocenters. The van der Waals surface area contributed by atoms with Crippen molar-refractivity contribution in [1.29, 1.82) is 0 Å². The summed E-state index contributed by atoms with van der Waals surface area (Å²) >= 11 is 0. The van der Waals surface area contributed by atoms with Crippen molar-refractivity contribution in [2.45, 2.75) is 37.6 Å². The van der Waals surface area contributed by atoms with Gasteiger partial charge in [0.2, 0.25) is 0 Å². The monoisotopic (exact) mass is 400 g/mol. The van der Waals surface area contributed by atoms with Crippen LogP contribution in [0.15, 0.2) is 18.2 Å². The molecule has 2 bridgehead atoms. The fourth-order valence-corrected chi connectivity index (χ4v) is 4.77. The summed E-state index contributed by atoms with van der Waals surface area (Å²) in [7, 11) is 0. The number of aromatic nitrogens is 2. The van der Waals surface area contributed by atoms with E-state index in [9.17, 15) is 4.79 Å². The van der Waals surface area contributed by atoms with Crippen LogP contribution in [0.5, 0.6) is 0 Å². The molecule has 0 aliphatic carbocycles. The standard InChI is InChI=1S/C20H26N4O2.CH2O2/c25-20(24-10-9-23-7-3-16(24)4-8-23)19-17-2-1-15(13-18(17)21-22-19)14-5-11-26-12-6-14;2-1-3/h1-2,13-14,16H,3-12H2,(H,21,22);1H,(H,2,3). The SMILES string of the molecule is O=C(c1n[nH]c2cc(C3CCOCC3)ccc12)N1CCN2CCC1CC2.O=CO. The van der Waals surface area contributed by atoms with E-state index in [0.29, 0.717) is 17.7 Å². The molecule has 4 aliphatic heterocycles. The van der Waals surface area contributed by atoms with Gasteiger partial charge < -0.3 is 19.6 Å². The number of carbonyl (C=O) groups excluding carboxylic acids is 1. The van der Waals surface area contributed by atoms with Crippen LogP contribution in [0, 0.1) is 0 Å². The van der Waals surface area contributed by atoms with Crippen LogP contribution < -0.4 is 0 Å². The van der Waals surface area contributed by atoms with Gasteiger partial charge in [0.25, 0.3) is 12.4 Å². The molecule has 0 saturated carbocycles. The second-order valence-corrected chi connectivity index (χ2v) is 7.94. The fraction of sp³-hybridized carbons (Fsp3) is 0.571. The molecule has 2 aromatic rings. The minimum atomic E-state index is -0.250. The number of fused-ring (bicyclic) bond motifs is 5. The minimum Gasteiger partial charge on any atom is -0.483 e. The van der Waals surface area contributed by atoms with E-state index in [0.717, 1.165) is 76.0 Å². The Bertz CT molecular complexity index is 853. The Morgan fingerprint density at radius 1 is 1.14 bits per heavy atom. The summed E-state index contributed by atoms with van der Waals surface area (Å²) < 4.78 is 5.47. The van der Waals surface area contributed by atoms with Crippen molar-refractivity contribution in [2.24, 2.45) is 0 Å². The van der Waals surface area contributed by atoms with Gasteiger partial charge in [0, 0.05) is 50.8 Å². The van der Waals surface area contributed by atoms with E-state index >= 15 is 0 Å². The first kappa shape index (κ1) is 19.8. The van der Waals surface area contributed by atoms with Crippen molar-refractivity contribution >= 4 is 23.3 Å². The number of nitrogens with zero attached hydrogens (tertiary/aromatic N) is 3. The summed E-state index contributed by atoms with van der Waals surface area (Å²) in [4.78, 5) is 26.1. The number of ether oxygens (including phenoxy) is 1. The van der Waals surface area contributed by atoms with Crippen molar-refractivity contribution in [3.05, 3.63) is 29.5 Å². The van der Waals surface area contributed by atoms with Gasteiger partial charge in [0.1, 0.15) is 0 Å². The van der Waals surface area contributed by atoms with Crippen molar-refractivity contribution in [3.63, 3.8) is 0 Å². The van der Waals surface area contributed by atoms with Crippen LogP contribution >= 0.6 is 0 Å². The van der Waals surface area contributed by atoms with Crippen LogP contribution in [0.4, 0.5) is 0 Å². The number of nitrogens with one attached hydrogen (secondary N) is 1. The highest BCUT2D eigenvalue weighted by molar-refractivity contribution is 6.04. The first-order valence-corrected chi connectivity index (χ1v) is 10.4. The Balaban J connectivity index is 0.000000645. The average Bonchev–Trinajstić information content (AvgIpc) is 2.95. The molecule has 8 nitrogen and oxygen atoms in total. The van der Waals surface area contributed by atoms with E-state index in [2.05, 4.69) is 38.2 Å². The zero-order valence-electron chi connectivity index (χ0n) is 16.5. The van der Waals surface area contributed by atoms with E-state index < -0.39 is 0 Å². The molecule has 4 saturated heterocycles. The van der Waals surface area contributed by atoms with Gasteiger partial charge >= 0.3 is 0 Å². The third-order valence-corrected chi connectivity index (χ3v) is 6.40. The highest BCUT2D eigenvalue weighted by atomic mass is 16.5. The Kier molecular flexibility index (Phi) is 6.10. The number of hydrogen-bond donors (Lipinski definition) is 2. The zero-order chi connectivity index (χ0) is 20.2. The van der Waals surface area contributed by atoms with E-state index in [4.69, 9.17) is 14.6 Å². The second-order valence-electron chi connectivity index (χ2n) is 7.94. The van der Waals surface area contributed by atoms with Gasteiger partial charge in [-0.05, 0) is 43.2 Å². The summed E-state index contributed by atoms with van der Waals surface area (Å²) in [5, 5.41) is 15.4. The van der Waals surface area contributed by atoms with Crippen LogP contribution in [-0.2, 0) is 9.53 Å². The summed E-state index contributed by atoms with van der Waals surface area (Å²) in [5.41, 5.74) is 2.88. The molecule has 1 aromatic carbocycles. The topological polar surface area (TPSA) is 98.8 Å². The lowest BCUT2D eigenvalue weighted by Crippen LogP contribution is -2.41. The Hall–Kier alpha value is -2.45. The van der Waals surface area contributed by atoms with Crippen LogP contribution in [0.1, 0.15) is 47.7 Å². The molecule has 2 N–H and O–H groups in total. The lowest BCUT2D eigenvalue weighted by molar-refractivity contribution is -0.122. The zero-order valence-corrected chi connectivity index (χ0v) is 16.5. The van der Waals surface area contributed by atoms with E-state index in [1.807, 2.05) is 0 Å². The van der Waals surface area contributed by atoms with Gasteiger partial charge in [-0.1, -0.05) is 12.1 Å². The molecule has 156 valence electrons. The normalized spacial score (nSPS) is 24.6. The first-order valence-electron chi connectivity index (χ1n) is 10.4. The highest BCUT2D eigenvalue weighted by Gasteiger charge is 2.33. The molecule has 1 amide bonds. The van der Waals surface area contributed by atoms with Gasteiger partial charge in [-0.3, -0.25) is 14.7 Å². The molecule has 1 aromatic heterocycles. The predicted molar refractivity (Wildman–Crippen MR) is 108 cm³/mol. The molecule has 5 heterocycles. The number of benzene rings is 1. The van der Waals surface area contributed by atoms with Crippen molar-refractivity contribution in [1.82, 2.24) is 20.0 Å². The molecule has 6 rings (SSSR count). The molecule has 4 aliphatic rings. The van der Waals surface area contributed by atoms with Crippen molar-refractivity contribution in [3.8, 4) is 0 Å². The fourth-order valence-electron chi connectivity index (χ4n) is 4.77. The highest BCUT2D eigenvalue weighted by Crippen LogP contribution is 2.30. The Morgan fingerprint density at radius 2 is 1.86 bits per heavy atom. The van der Waals surface area contributed by atoms with Crippen LogP contribution in [0.2, 0.25) is 0 Å². The maximum absolute atomic E-state index is 13.2. The number of carboxylic acid groups (broad SMARTS) is 1. The maximum atomic E-state index is 13.2. The van der Waals surface area contributed by atoms with Gasteiger partial charge in [-0.15, -0.1) is 0 Å². The number of hydrogen-bond acceptors (Lipinski definition) is 5. The van der Waals surface area contributed by atoms with Crippen LogP contribution in [0.3, 0.4) is 0 Å². The Morgan fingerprint density at radius 3 is 2.59 bits per heavy atom. The summed E-state index contributed by atoms with van der Waals surface area (Å²) in [5.74, 6) is 0.634. The molecule has 4 fully saturated rings. The third-order valence-electron chi connectivity index (χ3n) is 6.40. The van der Waals surface area contributed by atoms with E-state index in [-0.39, 0.29) is 12.4 Å². The van der Waals surface area contributed by atoms with Crippen molar-refractivity contribution < 1.29 is 19.4 Å². The molecule has 8 heteroatoms. The average molecular weight is 400 g/mol. The predicted octanol–water partition coefficient (Wildman–Crippen LogP) is 2.08. The number of amides is 1. The molecule has 0 radical (unpaired) electrons. The largest absolute Gasteiger partial charge is 0.483 e. The maximum Gasteiger partial charge on any atom is 0.290 e. The number of rotatable bonds is 2. The van der Waals surface area contributed by atoms with Gasteiger partial charge in [-0.2, -0.15) is 5.10 Å². The lowest BCUT2D eigenvalue weighted by Gasteiger charge is -2.31. The van der Waals surface area contributed by atoms with E-state index in [1.165, 1.54) is 5.56 Å². The van der Waals surface area contributed by atoms with Gasteiger partial charge in [0.15, 0.2) is 5.69 Å². The van der Waals surface area contributed by atoms with Crippen molar-refractivity contribution in [2.75, 3.05) is 39.4 Å². The lowest BCUT2D eigenvalue weighted by atomic mass is 9.91. The van der Waals surface area contributed by atoms with E-state index in [1.54, 1.807) is 0 Å². The smallest absolute Gasteiger partial charge is 0.290 e. The molecule has 0 unspecified atom stereocenters. The molecule has 29 heavy (non-hydrogen) atoms. The summed E-state index contributed by atoms with van der Waals surface area (Å²) in [6, 6.07) is 6.80. The number of aromatic amines is 1. The minimum absolute atomic E-state index is 0.0869. The molecule has 0 spiro atoms. The second kappa shape index (κ2) is 8.92. The molecular weight excluding hydrogens is 372 g/mol. The third kappa shape index (κ3) is 4.13. The number of H-pyrrole nitrogens is 1. The summed E-state index contributed by atoms with van der Waals surface area (Å²) in [6.45, 7) is 5.45. The quantitative estimate of drug-likeness (QED) is 0.749. The number of carbonyl (C=O) groups is 2. The van der Waals surface area contributed by atoms with Gasteiger partial charge in [0.05, 0.1) is 5.52 Å². The van der Waals surface area contributed by atoms with Crippen LogP contribution in [-0.4, -0.2) is 82.9 Å². The van der Waals surface area contributed by atoms with Gasteiger partial charge in [-0.25, -0.2) is 0 Å².